The van der Waals surface area contributed by atoms with Gasteiger partial charge in [0.05, 0.1) is 0 Å². The second kappa shape index (κ2) is 13.7. The number of hydrogen-bond acceptors (Lipinski definition) is 4. The molecule has 0 amide bonds. The second-order valence-corrected chi connectivity index (χ2v) is 12.8. The van der Waals surface area contributed by atoms with Crippen molar-refractivity contribution in [2.24, 2.45) is 0 Å². The first-order chi connectivity index (χ1) is 25.8. The van der Waals surface area contributed by atoms with E-state index in [0.717, 1.165) is 34.1 Å². The van der Waals surface area contributed by atoms with Crippen molar-refractivity contribution in [3.63, 3.8) is 0 Å². The molecular formula is C48H34N4. The summed E-state index contributed by atoms with van der Waals surface area (Å²) < 4.78 is 0. The maximum Gasteiger partial charge on any atom is 0.0492 e. The molecule has 0 bridgehead atoms. The normalized spacial score (nSPS) is 11.1. The summed E-state index contributed by atoms with van der Waals surface area (Å²) in [7, 11) is 0. The molecule has 9 aromatic rings. The van der Waals surface area contributed by atoms with Crippen molar-refractivity contribution in [1.29, 1.82) is 0 Å². The van der Waals surface area contributed by atoms with Gasteiger partial charge in [0.25, 0.3) is 0 Å². The summed E-state index contributed by atoms with van der Waals surface area (Å²) in [6.07, 6.45) is 7.34. The van der Waals surface area contributed by atoms with E-state index in [1.54, 1.807) is 0 Å². The van der Waals surface area contributed by atoms with E-state index in [1.165, 1.54) is 43.8 Å². The number of para-hydroxylation sites is 2. The summed E-state index contributed by atoms with van der Waals surface area (Å²) in [5.41, 5.74) is 11.3. The van der Waals surface area contributed by atoms with Gasteiger partial charge in [-0.15, -0.1) is 0 Å². The lowest BCUT2D eigenvalue weighted by Gasteiger charge is -2.25. The van der Waals surface area contributed by atoms with Crippen LogP contribution in [-0.4, -0.2) is 9.97 Å². The minimum atomic E-state index is 1.07. The summed E-state index contributed by atoms with van der Waals surface area (Å²) in [5, 5.41) is 4.91. The minimum Gasteiger partial charge on any atom is -0.310 e. The van der Waals surface area contributed by atoms with Gasteiger partial charge in [-0.2, -0.15) is 0 Å². The van der Waals surface area contributed by atoms with Crippen molar-refractivity contribution in [2.75, 3.05) is 9.80 Å². The average molecular weight is 667 g/mol. The highest BCUT2D eigenvalue weighted by atomic mass is 15.1. The van der Waals surface area contributed by atoms with Crippen LogP contribution < -0.4 is 9.80 Å². The van der Waals surface area contributed by atoms with Crippen molar-refractivity contribution in [3.8, 4) is 22.3 Å². The van der Waals surface area contributed by atoms with Gasteiger partial charge >= 0.3 is 0 Å². The third kappa shape index (κ3) is 6.14. The lowest BCUT2D eigenvalue weighted by molar-refractivity contribution is 1.24. The molecule has 0 saturated carbocycles. The molecule has 0 unspecified atom stereocenters. The van der Waals surface area contributed by atoms with E-state index in [0.29, 0.717) is 0 Å². The highest BCUT2D eigenvalue weighted by molar-refractivity contribution is 6.01. The fourth-order valence-corrected chi connectivity index (χ4v) is 7.00. The minimum absolute atomic E-state index is 1.07. The number of aromatic nitrogens is 2. The predicted octanol–water partition coefficient (Wildman–Crippen LogP) is 13.1. The summed E-state index contributed by atoms with van der Waals surface area (Å²) in [6, 6.07) is 64.8. The average Bonchev–Trinajstić information content (AvgIpc) is 3.22. The molecule has 0 spiro atoms. The van der Waals surface area contributed by atoms with Crippen LogP contribution in [0.2, 0.25) is 0 Å². The Morgan fingerprint density at radius 2 is 0.577 bits per heavy atom. The van der Waals surface area contributed by atoms with Crippen LogP contribution >= 0.6 is 0 Å². The Bertz CT molecular complexity index is 2330. The summed E-state index contributed by atoms with van der Waals surface area (Å²) in [6.45, 7) is 0. The molecule has 0 radical (unpaired) electrons. The third-order valence-electron chi connectivity index (χ3n) is 9.58. The van der Waals surface area contributed by atoms with Gasteiger partial charge in [-0.1, -0.05) is 84.9 Å². The van der Waals surface area contributed by atoms with Crippen LogP contribution in [-0.2, 0) is 0 Å². The summed E-state index contributed by atoms with van der Waals surface area (Å²) >= 11 is 0. The molecule has 2 aromatic heterocycles. The largest absolute Gasteiger partial charge is 0.310 e. The molecule has 0 N–H and O–H groups in total. The van der Waals surface area contributed by atoms with Gasteiger partial charge in [-0.3, -0.25) is 9.97 Å². The first-order valence-electron chi connectivity index (χ1n) is 17.5. The first-order valence-corrected chi connectivity index (χ1v) is 17.5. The zero-order valence-corrected chi connectivity index (χ0v) is 28.4. The van der Waals surface area contributed by atoms with Gasteiger partial charge in [0, 0.05) is 58.9 Å². The molecule has 0 fully saturated rings. The van der Waals surface area contributed by atoms with Crippen molar-refractivity contribution in [1.82, 2.24) is 9.97 Å². The van der Waals surface area contributed by atoms with Crippen LogP contribution in [0.3, 0.4) is 0 Å². The Hall–Kier alpha value is -7.04. The summed E-state index contributed by atoms with van der Waals surface area (Å²) in [5.74, 6) is 0. The molecule has 0 aliphatic heterocycles. The van der Waals surface area contributed by atoms with Crippen molar-refractivity contribution >= 4 is 55.7 Å². The molecule has 7 aromatic carbocycles. The topological polar surface area (TPSA) is 32.3 Å². The molecule has 9 rings (SSSR count). The lowest BCUT2D eigenvalue weighted by atomic mass is 9.96. The molecule has 52 heavy (non-hydrogen) atoms. The molecular weight excluding hydrogens is 633 g/mol. The number of pyridine rings is 2. The van der Waals surface area contributed by atoms with Crippen LogP contribution in [0.5, 0.6) is 0 Å². The summed E-state index contributed by atoms with van der Waals surface area (Å²) in [4.78, 5) is 13.0. The van der Waals surface area contributed by atoms with Crippen molar-refractivity contribution in [2.45, 2.75) is 0 Å². The highest BCUT2D eigenvalue weighted by Crippen LogP contribution is 2.38. The number of fused-ring (bicyclic) bond motifs is 2. The van der Waals surface area contributed by atoms with Gasteiger partial charge in [0.1, 0.15) is 0 Å². The Morgan fingerprint density at radius 3 is 0.962 bits per heavy atom. The van der Waals surface area contributed by atoms with Crippen LogP contribution in [0.25, 0.3) is 43.8 Å². The van der Waals surface area contributed by atoms with E-state index in [1.807, 2.05) is 61.2 Å². The van der Waals surface area contributed by atoms with E-state index in [2.05, 4.69) is 165 Å². The van der Waals surface area contributed by atoms with Crippen LogP contribution in [0, 0.1) is 0 Å². The van der Waals surface area contributed by atoms with E-state index >= 15 is 0 Å². The van der Waals surface area contributed by atoms with Crippen molar-refractivity contribution < 1.29 is 0 Å². The zero-order valence-electron chi connectivity index (χ0n) is 28.4. The molecule has 0 aliphatic rings. The van der Waals surface area contributed by atoms with Gasteiger partial charge in [-0.05, 0) is 141 Å². The highest BCUT2D eigenvalue weighted by Gasteiger charge is 2.14. The van der Waals surface area contributed by atoms with Gasteiger partial charge in [0.15, 0.2) is 0 Å². The second-order valence-electron chi connectivity index (χ2n) is 12.8. The van der Waals surface area contributed by atoms with E-state index in [4.69, 9.17) is 0 Å². The zero-order chi connectivity index (χ0) is 34.7. The third-order valence-corrected chi connectivity index (χ3v) is 9.58. The monoisotopic (exact) mass is 666 g/mol. The number of anilines is 6. The lowest BCUT2D eigenvalue weighted by Crippen LogP contribution is -2.09. The SMILES string of the molecule is c1ccc(N(c2ccncc2)c2ccc(-c3ccc4cc5cc(-c6ccc(N(c7ccccc7)c7ccncc7)cc6)ccc5cc4c3)cc2)cc1. The quantitative estimate of drug-likeness (QED) is 0.151. The first kappa shape index (κ1) is 31.0. The molecule has 246 valence electrons. The molecule has 0 saturated heterocycles. The fraction of sp³-hybridized carbons (Fsp3) is 0. The van der Waals surface area contributed by atoms with Gasteiger partial charge < -0.3 is 9.80 Å². The number of benzene rings is 7. The predicted molar refractivity (Wildman–Crippen MR) is 217 cm³/mol. The molecule has 0 aliphatic carbocycles. The standard InChI is InChI=1S/C48H34N4/c1-3-7-43(8-4-1)51(47-23-27-49-28-24-47)45-19-15-35(16-20-45)37-11-13-39-34-42-32-38(12-14-40(42)33-41(39)31-37)36-17-21-46(22-18-36)52(44-9-5-2-6-10-44)48-25-29-50-30-26-48/h1-34H. The van der Waals surface area contributed by atoms with Crippen LogP contribution in [0.4, 0.5) is 34.1 Å². The Balaban J connectivity index is 0.993. The van der Waals surface area contributed by atoms with Crippen LogP contribution in [0.1, 0.15) is 0 Å². The number of hydrogen-bond donors (Lipinski definition) is 0. The molecule has 4 heteroatoms. The molecule has 0 atom stereocenters. The van der Waals surface area contributed by atoms with E-state index in [-0.39, 0.29) is 0 Å². The van der Waals surface area contributed by atoms with Crippen molar-refractivity contribution in [3.05, 3.63) is 207 Å². The number of nitrogens with zero attached hydrogens (tertiary/aromatic N) is 4. The Morgan fingerprint density at radius 1 is 0.250 bits per heavy atom. The molecule has 2 heterocycles. The fourth-order valence-electron chi connectivity index (χ4n) is 7.00. The van der Waals surface area contributed by atoms with Crippen LogP contribution in [0.15, 0.2) is 207 Å². The maximum atomic E-state index is 4.23. The Kier molecular flexibility index (Phi) is 8.16. The van der Waals surface area contributed by atoms with Gasteiger partial charge in [-0.25, -0.2) is 0 Å². The maximum absolute atomic E-state index is 4.23. The smallest absolute Gasteiger partial charge is 0.0492 e. The number of rotatable bonds is 8. The Labute approximate surface area is 303 Å². The van der Waals surface area contributed by atoms with E-state index in [9.17, 15) is 0 Å². The van der Waals surface area contributed by atoms with E-state index < -0.39 is 0 Å². The van der Waals surface area contributed by atoms with Gasteiger partial charge in [0.2, 0.25) is 0 Å². The molecule has 4 nitrogen and oxygen atoms in total.